The average Bonchev–Trinajstić information content (AvgIpc) is 2.89. The quantitative estimate of drug-likeness (QED) is 0.270. The number of likely N-dealkylation sites (tertiary alicyclic amines) is 1. The van der Waals surface area contributed by atoms with Gasteiger partial charge in [0.05, 0.1) is 0 Å². The summed E-state index contributed by atoms with van der Waals surface area (Å²) in [6.07, 6.45) is 4.01. The van der Waals surface area contributed by atoms with E-state index in [0.717, 1.165) is 61.3 Å². The number of aliphatic hydroxyl groups is 1. The Hall–Kier alpha value is -2.33. The van der Waals surface area contributed by atoms with Gasteiger partial charge in [-0.2, -0.15) is 0 Å². The van der Waals surface area contributed by atoms with Crippen LogP contribution in [-0.2, 0) is 5.60 Å². The van der Waals surface area contributed by atoms with Gasteiger partial charge in [-0.25, -0.2) is 0 Å². The first-order valence-electron chi connectivity index (χ1n) is 12.7. The lowest BCUT2D eigenvalue weighted by atomic mass is 9.72. The van der Waals surface area contributed by atoms with Crippen molar-refractivity contribution in [1.29, 1.82) is 0 Å². The van der Waals surface area contributed by atoms with E-state index in [1.54, 1.807) is 0 Å². The van der Waals surface area contributed by atoms with E-state index < -0.39 is 5.60 Å². The summed E-state index contributed by atoms with van der Waals surface area (Å²) >= 11 is 5.72. The summed E-state index contributed by atoms with van der Waals surface area (Å²) in [5.74, 6) is 0.751. The van der Waals surface area contributed by atoms with Crippen molar-refractivity contribution >= 4 is 17.1 Å². The van der Waals surface area contributed by atoms with Gasteiger partial charge in [0.2, 0.25) is 0 Å². The summed E-state index contributed by atoms with van der Waals surface area (Å²) in [6, 6.07) is 29.2. The minimum absolute atomic E-state index is 0.203. The highest BCUT2D eigenvalue weighted by Gasteiger charge is 2.41. The van der Waals surface area contributed by atoms with Crippen LogP contribution in [0.15, 0.2) is 84.9 Å². The summed E-state index contributed by atoms with van der Waals surface area (Å²) in [6.45, 7) is 7.53. The zero-order valence-electron chi connectivity index (χ0n) is 20.5. The molecule has 0 amide bonds. The molecule has 2 nitrogen and oxygen atoms in total. The van der Waals surface area contributed by atoms with E-state index in [1.165, 1.54) is 11.1 Å². The molecule has 1 fully saturated rings. The van der Waals surface area contributed by atoms with Crippen molar-refractivity contribution in [3.8, 4) is 0 Å². The van der Waals surface area contributed by atoms with Gasteiger partial charge in [-0.15, -0.1) is 0 Å². The molecule has 3 aromatic carbocycles. The molecule has 0 saturated carbocycles. The van der Waals surface area contributed by atoms with Crippen LogP contribution in [0, 0.1) is 5.92 Å². The fourth-order valence-electron chi connectivity index (χ4n) is 5.26. The van der Waals surface area contributed by atoms with Crippen molar-refractivity contribution in [3.63, 3.8) is 0 Å². The van der Waals surface area contributed by atoms with Gasteiger partial charge < -0.3 is 10.0 Å². The minimum atomic E-state index is -0.946. The lowest BCUT2D eigenvalue weighted by molar-refractivity contribution is -0.0142. The van der Waals surface area contributed by atoms with Gasteiger partial charge in [0.25, 0.3) is 0 Å². The molecule has 4 rings (SSSR count). The summed E-state index contributed by atoms with van der Waals surface area (Å²) in [5.41, 5.74) is 3.59. The molecule has 34 heavy (non-hydrogen) atoms. The maximum absolute atomic E-state index is 12.1. The van der Waals surface area contributed by atoms with Crippen LogP contribution in [-0.4, -0.2) is 34.5 Å². The van der Waals surface area contributed by atoms with Crippen LogP contribution in [0.25, 0.3) is 0 Å². The Morgan fingerprint density at radius 2 is 1.41 bits per heavy atom. The molecule has 1 aliphatic rings. The fraction of sp³-hybridized carbons (Fsp3) is 0.387. The van der Waals surface area contributed by atoms with E-state index in [4.69, 9.17) is 12.2 Å². The van der Waals surface area contributed by atoms with E-state index in [-0.39, 0.29) is 5.92 Å². The van der Waals surface area contributed by atoms with Crippen molar-refractivity contribution in [2.45, 2.75) is 51.0 Å². The summed E-state index contributed by atoms with van der Waals surface area (Å²) < 4.78 is 0. The normalized spacial score (nSPS) is 15.5. The Balaban J connectivity index is 1.33. The van der Waals surface area contributed by atoms with Crippen LogP contribution in [0.5, 0.6) is 0 Å². The van der Waals surface area contributed by atoms with E-state index in [2.05, 4.69) is 67.3 Å². The minimum Gasteiger partial charge on any atom is -0.380 e. The van der Waals surface area contributed by atoms with Gasteiger partial charge in [0.15, 0.2) is 0 Å². The molecule has 0 aliphatic carbocycles. The summed E-state index contributed by atoms with van der Waals surface area (Å²) in [5, 5.41) is 12.1. The molecule has 0 radical (unpaired) electrons. The van der Waals surface area contributed by atoms with Crippen LogP contribution in [0.2, 0.25) is 0 Å². The monoisotopic (exact) mass is 471 g/mol. The highest BCUT2D eigenvalue weighted by molar-refractivity contribution is 7.80. The number of benzene rings is 3. The molecule has 3 heteroatoms. The Morgan fingerprint density at radius 3 is 1.91 bits per heavy atom. The third kappa shape index (κ3) is 5.66. The third-order valence-electron chi connectivity index (χ3n) is 7.38. The molecule has 1 N–H and O–H groups in total. The Bertz CT molecular complexity index is 998. The second-order valence-corrected chi connectivity index (χ2v) is 10.4. The van der Waals surface area contributed by atoms with Crippen molar-refractivity contribution < 1.29 is 5.11 Å². The number of thiocarbonyl (C=S) groups is 1. The first-order chi connectivity index (χ1) is 16.5. The van der Waals surface area contributed by atoms with Gasteiger partial charge in [-0.3, -0.25) is 0 Å². The number of hydrogen-bond acceptors (Lipinski definition) is 3. The molecule has 0 spiro atoms. The number of piperidine rings is 1. The van der Waals surface area contributed by atoms with Gasteiger partial charge in [0, 0.05) is 4.86 Å². The third-order valence-corrected chi connectivity index (χ3v) is 7.82. The Morgan fingerprint density at radius 1 is 0.882 bits per heavy atom. The molecular weight excluding hydrogens is 434 g/mol. The lowest BCUT2D eigenvalue weighted by Crippen LogP contribution is -2.44. The molecule has 1 saturated heterocycles. The Kier molecular flexibility index (Phi) is 8.31. The van der Waals surface area contributed by atoms with E-state index in [9.17, 15) is 5.11 Å². The van der Waals surface area contributed by atoms with Gasteiger partial charge >= 0.3 is 0 Å². The molecule has 0 bridgehead atoms. The average molecular weight is 472 g/mol. The maximum Gasteiger partial charge on any atom is 0.117 e. The van der Waals surface area contributed by atoms with Crippen LogP contribution in [0.4, 0.5) is 0 Å². The van der Waals surface area contributed by atoms with Crippen LogP contribution >= 0.6 is 12.2 Å². The first kappa shape index (κ1) is 24.8. The van der Waals surface area contributed by atoms with Crippen molar-refractivity contribution in [3.05, 3.63) is 107 Å². The molecule has 178 valence electrons. The predicted molar refractivity (Wildman–Crippen MR) is 147 cm³/mol. The molecule has 1 aliphatic heterocycles. The molecule has 0 aromatic heterocycles. The summed E-state index contributed by atoms with van der Waals surface area (Å²) in [7, 11) is 0. The Labute approximate surface area is 210 Å². The second-order valence-electron chi connectivity index (χ2n) is 9.92. The smallest absolute Gasteiger partial charge is 0.117 e. The van der Waals surface area contributed by atoms with Gasteiger partial charge in [0.1, 0.15) is 5.60 Å². The highest BCUT2D eigenvalue weighted by Crippen LogP contribution is 2.41. The van der Waals surface area contributed by atoms with E-state index in [0.29, 0.717) is 5.92 Å². The first-order valence-corrected chi connectivity index (χ1v) is 13.1. The molecule has 0 unspecified atom stereocenters. The topological polar surface area (TPSA) is 23.5 Å². The van der Waals surface area contributed by atoms with E-state index >= 15 is 0 Å². The largest absolute Gasteiger partial charge is 0.380 e. The molecule has 1 heterocycles. The highest BCUT2D eigenvalue weighted by atomic mass is 32.1. The van der Waals surface area contributed by atoms with Gasteiger partial charge in [-0.05, 0) is 79.4 Å². The SMILES string of the molecule is CC(C)c1ccc(C(=S)CCCN2CCC(C(O)(c3ccccc3)c3ccccc3)CC2)cc1. The van der Waals surface area contributed by atoms with Crippen LogP contribution in [0.1, 0.15) is 67.7 Å². The molecular formula is C31H37NOS. The van der Waals surface area contributed by atoms with E-state index in [1.807, 2.05) is 36.4 Å². The zero-order chi connectivity index (χ0) is 24.0. The van der Waals surface area contributed by atoms with Crippen molar-refractivity contribution in [2.75, 3.05) is 19.6 Å². The standard InChI is InChI=1S/C31H37NOS/c1-24(2)25-15-17-26(18-16-25)30(34)14-9-21-32-22-19-29(20-23-32)31(33,27-10-5-3-6-11-27)28-12-7-4-8-13-28/h3-8,10-13,15-18,24,29,33H,9,14,19-23H2,1-2H3. The second kappa shape index (κ2) is 11.4. The molecule has 0 atom stereocenters. The fourth-order valence-corrected chi connectivity index (χ4v) is 5.54. The van der Waals surface area contributed by atoms with Crippen LogP contribution in [0.3, 0.4) is 0 Å². The maximum atomic E-state index is 12.1. The van der Waals surface area contributed by atoms with Crippen molar-refractivity contribution in [1.82, 2.24) is 4.90 Å². The zero-order valence-corrected chi connectivity index (χ0v) is 21.3. The number of hydrogen-bond donors (Lipinski definition) is 1. The van der Waals surface area contributed by atoms with Gasteiger partial charge in [-0.1, -0.05) is 111 Å². The van der Waals surface area contributed by atoms with Crippen LogP contribution < -0.4 is 0 Å². The number of nitrogens with zero attached hydrogens (tertiary/aromatic N) is 1. The summed E-state index contributed by atoms with van der Waals surface area (Å²) in [4.78, 5) is 3.60. The molecule has 3 aromatic rings. The predicted octanol–water partition coefficient (Wildman–Crippen LogP) is 6.96. The lowest BCUT2D eigenvalue weighted by Gasteiger charge is -2.42. The van der Waals surface area contributed by atoms with Crippen molar-refractivity contribution in [2.24, 2.45) is 5.92 Å². The number of rotatable bonds is 9.